The molecular formula is C17H16ClN3O2. The van der Waals surface area contributed by atoms with Crippen LogP contribution in [0.2, 0.25) is 5.02 Å². The van der Waals surface area contributed by atoms with E-state index in [0.29, 0.717) is 28.6 Å². The highest BCUT2D eigenvalue weighted by Crippen LogP contribution is 2.27. The van der Waals surface area contributed by atoms with E-state index in [0.717, 1.165) is 5.69 Å². The fourth-order valence-corrected chi connectivity index (χ4v) is 2.15. The van der Waals surface area contributed by atoms with Crippen molar-refractivity contribution in [1.29, 1.82) is 5.26 Å². The molecule has 0 saturated heterocycles. The maximum atomic E-state index is 11.9. The molecule has 2 aromatic carbocycles. The van der Waals surface area contributed by atoms with E-state index in [2.05, 4.69) is 10.6 Å². The third-order valence-electron chi connectivity index (χ3n) is 3.13. The van der Waals surface area contributed by atoms with Crippen molar-refractivity contribution in [2.24, 2.45) is 0 Å². The summed E-state index contributed by atoms with van der Waals surface area (Å²) in [4.78, 5) is 11.9. The van der Waals surface area contributed by atoms with E-state index in [1.807, 2.05) is 6.07 Å². The number of anilines is 2. The molecule has 0 aliphatic carbocycles. The molecule has 2 N–H and O–H groups in total. The van der Waals surface area contributed by atoms with Crippen LogP contribution in [0, 0.1) is 11.3 Å². The first-order valence-electron chi connectivity index (χ1n) is 7.00. The summed E-state index contributed by atoms with van der Waals surface area (Å²) in [5, 5.41) is 15.2. The quantitative estimate of drug-likeness (QED) is 0.848. The number of hydrogen-bond donors (Lipinski definition) is 2. The lowest BCUT2D eigenvalue weighted by Crippen LogP contribution is -2.16. The van der Waals surface area contributed by atoms with Crippen molar-refractivity contribution in [3.05, 3.63) is 53.1 Å². The molecule has 0 heterocycles. The molecular weight excluding hydrogens is 314 g/mol. The summed E-state index contributed by atoms with van der Waals surface area (Å²) in [7, 11) is 1.58. The van der Waals surface area contributed by atoms with Crippen molar-refractivity contribution in [1.82, 2.24) is 0 Å². The lowest BCUT2D eigenvalue weighted by atomic mass is 10.2. The van der Waals surface area contributed by atoms with Crippen molar-refractivity contribution < 1.29 is 9.53 Å². The Morgan fingerprint density at radius 2 is 2.00 bits per heavy atom. The number of ether oxygens (including phenoxy) is 1. The van der Waals surface area contributed by atoms with Gasteiger partial charge in [0.2, 0.25) is 5.91 Å². The van der Waals surface area contributed by atoms with Crippen LogP contribution in [-0.2, 0) is 4.79 Å². The Bertz CT molecular complexity index is 724. The minimum atomic E-state index is -0.122. The van der Waals surface area contributed by atoms with E-state index in [4.69, 9.17) is 21.6 Å². The molecule has 0 unspecified atom stereocenters. The van der Waals surface area contributed by atoms with E-state index in [1.165, 1.54) is 0 Å². The fourth-order valence-electron chi connectivity index (χ4n) is 1.98. The number of amides is 1. The minimum absolute atomic E-state index is 0.122. The van der Waals surface area contributed by atoms with Gasteiger partial charge in [-0.1, -0.05) is 11.6 Å². The first-order chi connectivity index (χ1) is 11.1. The first kappa shape index (κ1) is 16.7. The molecule has 0 radical (unpaired) electrons. The Hall–Kier alpha value is -2.71. The largest absolute Gasteiger partial charge is 0.495 e. The van der Waals surface area contributed by atoms with Crippen LogP contribution in [0.1, 0.15) is 12.0 Å². The highest BCUT2D eigenvalue weighted by Gasteiger charge is 2.06. The van der Waals surface area contributed by atoms with Crippen LogP contribution >= 0.6 is 11.6 Å². The lowest BCUT2D eigenvalue weighted by Gasteiger charge is -2.11. The molecule has 23 heavy (non-hydrogen) atoms. The van der Waals surface area contributed by atoms with E-state index in [1.54, 1.807) is 49.6 Å². The van der Waals surface area contributed by atoms with Crippen molar-refractivity contribution in [2.75, 3.05) is 24.3 Å². The number of nitriles is 1. The minimum Gasteiger partial charge on any atom is -0.495 e. The zero-order valence-corrected chi connectivity index (χ0v) is 13.4. The fraction of sp³-hybridized carbons (Fsp3) is 0.176. The topological polar surface area (TPSA) is 74.2 Å². The standard InChI is InChI=1S/C17H16ClN3O2/c1-23-16-7-4-13(18)10-15(16)20-9-8-17(22)21-14-5-2-12(11-19)3-6-14/h2-7,10,20H,8-9H2,1H3,(H,21,22). The third kappa shape index (κ3) is 4.90. The Balaban J connectivity index is 1.85. The van der Waals surface area contributed by atoms with Crippen LogP contribution in [0.25, 0.3) is 0 Å². The Labute approximate surface area is 139 Å². The average molecular weight is 330 g/mol. The number of halogens is 1. The Morgan fingerprint density at radius 1 is 1.26 bits per heavy atom. The van der Waals surface area contributed by atoms with Crippen LogP contribution in [0.5, 0.6) is 5.75 Å². The molecule has 6 heteroatoms. The van der Waals surface area contributed by atoms with E-state index >= 15 is 0 Å². The number of hydrogen-bond acceptors (Lipinski definition) is 4. The number of nitrogens with one attached hydrogen (secondary N) is 2. The zero-order chi connectivity index (χ0) is 16.7. The normalized spacial score (nSPS) is 9.78. The summed E-state index contributed by atoms with van der Waals surface area (Å²) < 4.78 is 5.23. The van der Waals surface area contributed by atoms with Gasteiger partial charge in [0.05, 0.1) is 24.4 Å². The molecule has 0 spiro atoms. The number of methoxy groups -OCH3 is 1. The smallest absolute Gasteiger partial charge is 0.226 e. The molecule has 0 aliphatic rings. The van der Waals surface area contributed by atoms with Gasteiger partial charge in [0.15, 0.2) is 0 Å². The van der Waals surface area contributed by atoms with Gasteiger partial charge in [-0.3, -0.25) is 4.79 Å². The van der Waals surface area contributed by atoms with Crippen molar-refractivity contribution in [3.63, 3.8) is 0 Å². The van der Waals surface area contributed by atoms with Gasteiger partial charge in [0.25, 0.3) is 0 Å². The summed E-state index contributed by atoms with van der Waals surface area (Å²) in [6.45, 7) is 0.443. The molecule has 1 amide bonds. The summed E-state index contributed by atoms with van der Waals surface area (Å²) in [6.07, 6.45) is 0.287. The average Bonchev–Trinajstić information content (AvgIpc) is 2.56. The monoisotopic (exact) mass is 329 g/mol. The van der Waals surface area contributed by atoms with Gasteiger partial charge in [-0.2, -0.15) is 5.26 Å². The van der Waals surface area contributed by atoms with Gasteiger partial charge < -0.3 is 15.4 Å². The number of carbonyl (C=O) groups excluding carboxylic acids is 1. The van der Waals surface area contributed by atoms with Crippen LogP contribution in [-0.4, -0.2) is 19.6 Å². The van der Waals surface area contributed by atoms with Gasteiger partial charge in [-0.05, 0) is 42.5 Å². The number of carbonyl (C=O) groups is 1. The molecule has 2 rings (SSSR count). The number of benzene rings is 2. The predicted octanol–water partition coefficient (Wildman–Crippen LogP) is 3.66. The molecule has 0 aliphatic heterocycles. The van der Waals surface area contributed by atoms with Crippen LogP contribution in [0.3, 0.4) is 0 Å². The van der Waals surface area contributed by atoms with Crippen molar-refractivity contribution in [3.8, 4) is 11.8 Å². The van der Waals surface area contributed by atoms with Crippen molar-refractivity contribution >= 4 is 28.9 Å². The van der Waals surface area contributed by atoms with Gasteiger partial charge in [0, 0.05) is 23.7 Å². The Morgan fingerprint density at radius 3 is 2.65 bits per heavy atom. The summed E-state index contributed by atoms with van der Waals surface area (Å²) in [6, 6.07) is 14.0. The van der Waals surface area contributed by atoms with Gasteiger partial charge in [-0.15, -0.1) is 0 Å². The van der Waals surface area contributed by atoms with Gasteiger partial charge in [0.1, 0.15) is 5.75 Å². The second-order valence-electron chi connectivity index (χ2n) is 4.76. The summed E-state index contributed by atoms with van der Waals surface area (Å²) in [5.41, 5.74) is 1.96. The molecule has 2 aromatic rings. The maximum Gasteiger partial charge on any atom is 0.226 e. The zero-order valence-electron chi connectivity index (χ0n) is 12.6. The SMILES string of the molecule is COc1ccc(Cl)cc1NCCC(=O)Nc1ccc(C#N)cc1. The lowest BCUT2D eigenvalue weighted by molar-refractivity contribution is -0.115. The molecule has 5 nitrogen and oxygen atoms in total. The van der Waals surface area contributed by atoms with Gasteiger partial charge in [-0.25, -0.2) is 0 Å². The number of rotatable bonds is 6. The van der Waals surface area contributed by atoms with Crippen LogP contribution in [0.15, 0.2) is 42.5 Å². The van der Waals surface area contributed by atoms with Crippen molar-refractivity contribution in [2.45, 2.75) is 6.42 Å². The highest BCUT2D eigenvalue weighted by atomic mass is 35.5. The second kappa shape index (κ2) is 8.06. The van der Waals surface area contributed by atoms with Crippen LogP contribution in [0.4, 0.5) is 11.4 Å². The maximum absolute atomic E-state index is 11.9. The summed E-state index contributed by atoms with van der Waals surface area (Å²) >= 11 is 5.95. The van der Waals surface area contributed by atoms with Crippen LogP contribution < -0.4 is 15.4 Å². The number of nitrogens with zero attached hydrogens (tertiary/aromatic N) is 1. The Kier molecular flexibility index (Phi) is 5.84. The molecule has 0 aromatic heterocycles. The molecule has 0 bridgehead atoms. The van der Waals surface area contributed by atoms with E-state index < -0.39 is 0 Å². The molecule has 118 valence electrons. The van der Waals surface area contributed by atoms with Gasteiger partial charge >= 0.3 is 0 Å². The predicted molar refractivity (Wildman–Crippen MR) is 90.9 cm³/mol. The van der Waals surface area contributed by atoms with E-state index in [9.17, 15) is 4.79 Å². The first-order valence-corrected chi connectivity index (χ1v) is 7.37. The highest BCUT2D eigenvalue weighted by molar-refractivity contribution is 6.30. The molecule has 0 atom stereocenters. The molecule has 0 fully saturated rings. The third-order valence-corrected chi connectivity index (χ3v) is 3.36. The van der Waals surface area contributed by atoms with E-state index in [-0.39, 0.29) is 12.3 Å². The molecule has 0 saturated carbocycles. The second-order valence-corrected chi connectivity index (χ2v) is 5.20. The summed E-state index contributed by atoms with van der Waals surface area (Å²) in [5.74, 6) is 0.546.